The molecule has 94 valence electrons. The van der Waals surface area contributed by atoms with Crippen LogP contribution in [0.25, 0.3) is 0 Å². The Balaban J connectivity index is 2.22. The van der Waals surface area contributed by atoms with Gasteiger partial charge in [-0.25, -0.2) is 0 Å². The highest BCUT2D eigenvalue weighted by molar-refractivity contribution is 5.78. The SMILES string of the molecule is COCC(CO)NCC(=O)N1CCOCC1. The first-order chi connectivity index (χ1) is 7.77. The van der Waals surface area contributed by atoms with Crippen molar-refractivity contribution < 1.29 is 19.4 Å². The lowest BCUT2D eigenvalue weighted by Gasteiger charge is -2.27. The number of nitrogens with zero attached hydrogens (tertiary/aromatic N) is 1. The summed E-state index contributed by atoms with van der Waals surface area (Å²) in [6, 6.07) is -0.185. The molecule has 6 heteroatoms. The number of amides is 1. The molecule has 1 aliphatic heterocycles. The maximum Gasteiger partial charge on any atom is 0.236 e. The lowest BCUT2D eigenvalue weighted by atomic mass is 10.3. The minimum absolute atomic E-state index is 0.0375. The Bertz CT molecular complexity index is 207. The molecule has 1 atom stereocenters. The first-order valence-corrected chi connectivity index (χ1v) is 5.46. The number of hydrogen-bond acceptors (Lipinski definition) is 5. The van der Waals surface area contributed by atoms with Crippen LogP contribution in [0.3, 0.4) is 0 Å². The van der Waals surface area contributed by atoms with E-state index in [1.54, 1.807) is 12.0 Å². The van der Waals surface area contributed by atoms with Crippen LogP contribution < -0.4 is 5.32 Å². The van der Waals surface area contributed by atoms with Crippen LogP contribution in [0.2, 0.25) is 0 Å². The third-order valence-electron chi connectivity index (χ3n) is 2.49. The third-order valence-corrected chi connectivity index (χ3v) is 2.49. The van der Waals surface area contributed by atoms with Gasteiger partial charge in [-0.05, 0) is 0 Å². The molecular weight excluding hydrogens is 212 g/mol. The molecule has 1 unspecified atom stereocenters. The molecule has 16 heavy (non-hydrogen) atoms. The molecule has 1 rings (SSSR count). The predicted molar refractivity (Wildman–Crippen MR) is 58.2 cm³/mol. The summed E-state index contributed by atoms with van der Waals surface area (Å²) in [5, 5.41) is 12.0. The van der Waals surface area contributed by atoms with Crippen molar-refractivity contribution in [3.63, 3.8) is 0 Å². The topological polar surface area (TPSA) is 71.0 Å². The van der Waals surface area contributed by atoms with Crippen molar-refractivity contribution in [2.75, 3.05) is 53.2 Å². The maximum absolute atomic E-state index is 11.7. The van der Waals surface area contributed by atoms with Crippen LogP contribution in [0.4, 0.5) is 0 Å². The molecule has 0 bridgehead atoms. The average molecular weight is 232 g/mol. The highest BCUT2D eigenvalue weighted by Gasteiger charge is 2.17. The van der Waals surface area contributed by atoms with Crippen LogP contribution in [0, 0.1) is 0 Å². The van der Waals surface area contributed by atoms with Crippen LogP contribution in [-0.2, 0) is 14.3 Å². The van der Waals surface area contributed by atoms with Gasteiger partial charge in [0.05, 0.1) is 39.0 Å². The van der Waals surface area contributed by atoms with E-state index in [1.165, 1.54) is 0 Å². The maximum atomic E-state index is 11.7. The number of aliphatic hydroxyl groups is 1. The van der Waals surface area contributed by atoms with E-state index >= 15 is 0 Å². The smallest absolute Gasteiger partial charge is 0.236 e. The van der Waals surface area contributed by atoms with Gasteiger partial charge in [-0.2, -0.15) is 0 Å². The largest absolute Gasteiger partial charge is 0.395 e. The summed E-state index contributed by atoms with van der Waals surface area (Å²) in [6.45, 7) is 3.09. The Morgan fingerprint density at radius 1 is 1.56 bits per heavy atom. The Labute approximate surface area is 95.5 Å². The van der Waals surface area contributed by atoms with Gasteiger partial charge < -0.3 is 24.8 Å². The number of methoxy groups -OCH3 is 1. The van der Waals surface area contributed by atoms with Gasteiger partial charge in [0.25, 0.3) is 0 Å². The first-order valence-electron chi connectivity index (χ1n) is 5.46. The highest BCUT2D eigenvalue weighted by atomic mass is 16.5. The zero-order valence-electron chi connectivity index (χ0n) is 9.65. The molecule has 1 saturated heterocycles. The second-order valence-electron chi connectivity index (χ2n) is 3.71. The molecule has 0 aromatic rings. The molecule has 0 aromatic heterocycles. The van der Waals surface area contributed by atoms with Gasteiger partial charge in [0.15, 0.2) is 0 Å². The van der Waals surface area contributed by atoms with Gasteiger partial charge >= 0.3 is 0 Å². The normalized spacial score (nSPS) is 18.5. The van der Waals surface area contributed by atoms with Crippen LogP contribution in [0.1, 0.15) is 0 Å². The number of aliphatic hydroxyl groups excluding tert-OH is 1. The zero-order chi connectivity index (χ0) is 11.8. The van der Waals surface area contributed by atoms with Gasteiger partial charge in [-0.1, -0.05) is 0 Å². The van der Waals surface area contributed by atoms with Crippen molar-refractivity contribution in [1.82, 2.24) is 10.2 Å². The Morgan fingerprint density at radius 2 is 2.25 bits per heavy atom. The second-order valence-corrected chi connectivity index (χ2v) is 3.71. The lowest BCUT2D eigenvalue weighted by Crippen LogP contribution is -2.48. The zero-order valence-corrected chi connectivity index (χ0v) is 9.65. The predicted octanol–water partition coefficient (Wildman–Crippen LogP) is -1.56. The molecule has 1 heterocycles. The summed E-state index contributed by atoms with van der Waals surface area (Å²) in [7, 11) is 1.56. The molecule has 6 nitrogen and oxygen atoms in total. The molecule has 0 aromatic carbocycles. The van der Waals surface area contributed by atoms with E-state index in [1.807, 2.05) is 0 Å². The van der Waals surface area contributed by atoms with E-state index in [0.29, 0.717) is 32.9 Å². The van der Waals surface area contributed by atoms with E-state index < -0.39 is 0 Å². The van der Waals surface area contributed by atoms with Gasteiger partial charge in [-0.3, -0.25) is 4.79 Å². The number of nitrogens with one attached hydrogen (secondary N) is 1. The van der Waals surface area contributed by atoms with E-state index in [4.69, 9.17) is 14.6 Å². The van der Waals surface area contributed by atoms with Crippen molar-refractivity contribution >= 4 is 5.91 Å². The van der Waals surface area contributed by atoms with Crippen LogP contribution in [0.5, 0.6) is 0 Å². The van der Waals surface area contributed by atoms with Gasteiger partial charge in [0, 0.05) is 20.2 Å². The average Bonchev–Trinajstić information content (AvgIpc) is 2.35. The molecule has 0 aliphatic carbocycles. The molecular formula is C10H20N2O4. The molecule has 0 saturated carbocycles. The monoisotopic (exact) mass is 232 g/mol. The lowest BCUT2D eigenvalue weighted by molar-refractivity contribution is -0.134. The van der Waals surface area contributed by atoms with Gasteiger partial charge in [0.2, 0.25) is 5.91 Å². The Morgan fingerprint density at radius 3 is 2.81 bits per heavy atom. The number of morpholine rings is 1. The number of hydrogen-bond donors (Lipinski definition) is 2. The van der Waals surface area contributed by atoms with E-state index in [2.05, 4.69) is 5.32 Å². The van der Waals surface area contributed by atoms with Crippen molar-refractivity contribution in [2.24, 2.45) is 0 Å². The fourth-order valence-corrected chi connectivity index (χ4v) is 1.53. The molecule has 1 fully saturated rings. The quantitative estimate of drug-likeness (QED) is 0.580. The first kappa shape index (κ1) is 13.4. The molecule has 2 N–H and O–H groups in total. The third kappa shape index (κ3) is 4.44. The second kappa shape index (κ2) is 7.56. The minimum Gasteiger partial charge on any atom is -0.395 e. The number of carbonyl (C=O) groups excluding carboxylic acids is 1. The summed E-state index contributed by atoms with van der Waals surface area (Å²) >= 11 is 0. The molecule has 0 radical (unpaired) electrons. The number of carbonyl (C=O) groups is 1. The summed E-state index contributed by atoms with van der Waals surface area (Å²) in [5.41, 5.74) is 0. The van der Waals surface area contributed by atoms with E-state index in [9.17, 15) is 4.79 Å². The van der Waals surface area contributed by atoms with Crippen molar-refractivity contribution in [3.05, 3.63) is 0 Å². The standard InChI is InChI=1S/C10H20N2O4/c1-15-8-9(7-13)11-6-10(14)12-2-4-16-5-3-12/h9,11,13H,2-8H2,1H3. The van der Waals surface area contributed by atoms with Crippen molar-refractivity contribution in [1.29, 1.82) is 0 Å². The minimum atomic E-state index is -0.185. The molecule has 1 aliphatic rings. The summed E-state index contributed by atoms with van der Waals surface area (Å²) in [5.74, 6) is 0.0397. The van der Waals surface area contributed by atoms with E-state index in [0.717, 1.165) is 0 Å². The van der Waals surface area contributed by atoms with E-state index in [-0.39, 0.29) is 25.1 Å². The van der Waals surface area contributed by atoms with Crippen LogP contribution >= 0.6 is 0 Å². The van der Waals surface area contributed by atoms with Gasteiger partial charge in [0.1, 0.15) is 0 Å². The summed E-state index contributed by atoms with van der Waals surface area (Å²) < 4.78 is 10.1. The highest BCUT2D eigenvalue weighted by Crippen LogP contribution is 1.97. The van der Waals surface area contributed by atoms with Crippen molar-refractivity contribution in [3.8, 4) is 0 Å². The molecule has 0 spiro atoms. The Hall–Kier alpha value is -0.690. The van der Waals surface area contributed by atoms with Gasteiger partial charge in [-0.15, -0.1) is 0 Å². The fraction of sp³-hybridized carbons (Fsp3) is 0.900. The fourth-order valence-electron chi connectivity index (χ4n) is 1.53. The number of ether oxygens (including phenoxy) is 2. The van der Waals surface area contributed by atoms with Crippen LogP contribution in [0.15, 0.2) is 0 Å². The summed E-state index contributed by atoms with van der Waals surface area (Å²) in [4.78, 5) is 13.5. The molecule has 1 amide bonds. The van der Waals surface area contributed by atoms with Crippen LogP contribution in [-0.4, -0.2) is 75.1 Å². The van der Waals surface area contributed by atoms with Crippen molar-refractivity contribution in [2.45, 2.75) is 6.04 Å². The summed E-state index contributed by atoms with van der Waals surface area (Å²) in [6.07, 6.45) is 0. The number of rotatable bonds is 6. The Kier molecular flexibility index (Phi) is 6.32.